The number of para-hydroxylation sites is 4. The molecular formula is C51H30N4O2. The van der Waals surface area contributed by atoms with Crippen LogP contribution in [-0.2, 0) is 0 Å². The van der Waals surface area contributed by atoms with Crippen molar-refractivity contribution in [2.75, 3.05) is 0 Å². The normalized spacial score (nSPS) is 13.3. The fourth-order valence-corrected chi connectivity index (χ4v) is 7.97. The Bertz CT molecular complexity index is 3800. The average molecular weight is 737 g/mol. The first kappa shape index (κ1) is 26.1. The van der Waals surface area contributed by atoms with E-state index in [1.807, 2.05) is 109 Å². The number of hydrogen-bond acceptors (Lipinski definition) is 5. The van der Waals surface area contributed by atoms with E-state index in [0.717, 1.165) is 60.5 Å². The molecule has 6 heteroatoms. The standard InChI is InChI=1S/C51H30N4O2/c1-5-15-42-37(10-1)38-11-2-6-16-43(38)55(42)35-27-24-33(25-28-35)50-52-49(53-51(54-50)34-26-29-40-39-12-3-7-17-44(39)57-47(40)30-34)32-22-20-31(21-23-32)36-14-9-19-46-48(36)41-13-4-8-18-45(41)56-46/h1-30H/i1D,2D,10D,11D,15D,16D. The number of nitrogens with zero attached hydrogens (tertiary/aromatic N) is 4. The lowest BCUT2D eigenvalue weighted by molar-refractivity contribution is 0.668. The second-order valence-corrected chi connectivity index (χ2v) is 13.9. The Labute approximate surface area is 334 Å². The summed E-state index contributed by atoms with van der Waals surface area (Å²) in [6, 6.07) is 45.4. The van der Waals surface area contributed by atoms with E-state index in [-0.39, 0.29) is 58.1 Å². The predicted octanol–water partition coefficient (Wildman–Crippen LogP) is 13.4. The molecule has 0 aliphatic heterocycles. The first-order chi connectivity index (χ1) is 30.7. The highest BCUT2D eigenvalue weighted by Gasteiger charge is 2.17. The van der Waals surface area contributed by atoms with E-state index in [1.165, 1.54) is 12.1 Å². The van der Waals surface area contributed by atoms with Gasteiger partial charge in [-0.05, 0) is 77.8 Å². The summed E-state index contributed by atoms with van der Waals surface area (Å²) in [6.07, 6.45) is 0. The molecule has 0 saturated heterocycles. The van der Waals surface area contributed by atoms with Crippen LogP contribution in [0.4, 0.5) is 0 Å². The van der Waals surface area contributed by atoms with Gasteiger partial charge in [0.1, 0.15) is 22.3 Å². The number of benzene rings is 8. The molecule has 6 nitrogen and oxygen atoms in total. The quantitative estimate of drug-likeness (QED) is 0.176. The van der Waals surface area contributed by atoms with Crippen molar-refractivity contribution in [3.63, 3.8) is 0 Å². The average Bonchev–Trinajstić information content (AvgIpc) is 4.00. The molecule has 0 aliphatic carbocycles. The molecule has 8 aromatic carbocycles. The summed E-state index contributed by atoms with van der Waals surface area (Å²) in [5, 5.41) is 4.51. The number of furan rings is 2. The number of rotatable bonds is 5. The maximum absolute atomic E-state index is 8.88. The van der Waals surface area contributed by atoms with Crippen LogP contribution in [0.3, 0.4) is 0 Å². The van der Waals surface area contributed by atoms with E-state index in [1.54, 1.807) is 4.57 Å². The van der Waals surface area contributed by atoms with E-state index >= 15 is 0 Å². The van der Waals surface area contributed by atoms with E-state index in [0.29, 0.717) is 34.3 Å². The molecule has 12 rings (SSSR count). The van der Waals surface area contributed by atoms with Gasteiger partial charge in [-0.15, -0.1) is 0 Å². The van der Waals surface area contributed by atoms with Crippen LogP contribution >= 0.6 is 0 Å². The van der Waals surface area contributed by atoms with Gasteiger partial charge in [-0.2, -0.15) is 0 Å². The Balaban J connectivity index is 1.01. The molecule has 4 aromatic heterocycles. The minimum atomic E-state index is -0.164. The molecule has 0 N–H and O–H groups in total. The topological polar surface area (TPSA) is 69.9 Å². The van der Waals surface area contributed by atoms with Gasteiger partial charge in [-0.1, -0.05) is 115 Å². The monoisotopic (exact) mass is 736 g/mol. The minimum Gasteiger partial charge on any atom is -0.456 e. The lowest BCUT2D eigenvalue weighted by Crippen LogP contribution is -2.00. The van der Waals surface area contributed by atoms with Crippen LogP contribution in [0.25, 0.3) is 117 Å². The van der Waals surface area contributed by atoms with Crippen LogP contribution < -0.4 is 0 Å². The maximum atomic E-state index is 8.88. The third-order valence-corrected chi connectivity index (χ3v) is 10.6. The van der Waals surface area contributed by atoms with Gasteiger partial charge in [-0.25, -0.2) is 15.0 Å². The van der Waals surface area contributed by atoms with Crippen molar-refractivity contribution >= 4 is 65.7 Å². The fraction of sp³-hybridized carbons (Fsp3) is 0. The smallest absolute Gasteiger partial charge is 0.164 e. The third kappa shape index (κ3) is 5.01. The van der Waals surface area contributed by atoms with E-state index in [4.69, 9.17) is 32.0 Å². The Morgan fingerprint density at radius 1 is 0.404 bits per heavy atom. The molecule has 4 heterocycles. The van der Waals surface area contributed by atoms with Crippen molar-refractivity contribution in [2.24, 2.45) is 0 Å². The van der Waals surface area contributed by atoms with Crippen LogP contribution in [0.2, 0.25) is 0 Å². The van der Waals surface area contributed by atoms with Crippen molar-refractivity contribution in [1.82, 2.24) is 19.5 Å². The summed E-state index contributed by atoms with van der Waals surface area (Å²) in [6.45, 7) is 0. The summed E-state index contributed by atoms with van der Waals surface area (Å²) in [5.74, 6) is 1.32. The van der Waals surface area contributed by atoms with Gasteiger partial charge >= 0.3 is 0 Å². The second kappa shape index (κ2) is 12.3. The highest BCUT2D eigenvalue weighted by atomic mass is 16.3. The summed E-state index contributed by atoms with van der Waals surface area (Å²) in [7, 11) is 0. The van der Waals surface area contributed by atoms with Crippen LogP contribution in [0, 0.1) is 0 Å². The molecule has 0 atom stereocenters. The van der Waals surface area contributed by atoms with Gasteiger partial charge in [0.05, 0.1) is 19.3 Å². The molecule has 0 saturated carbocycles. The molecular weight excluding hydrogens is 701 g/mol. The van der Waals surface area contributed by atoms with Crippen molar-refractivity contribution in [2.45, 2.75) is 0 Å². The Morgan fingerprint density at radius 2 is 0.930 bits per heavy atom. The highest BCUT2D eigenvalue weighted by Crippen LogP contribution is 2.38. The molecule has 12 aromatic rings. The zero-order valence-corrected chi connectivity index (χ0v) is 30.0. The van der Waals surface area contributed by atoms with Crippen LogP contribution in [0.1, 0.15) is 8.22 Å². The number of fused-ring (bicyclic) bond motifs is 9. The van der Waals surface area contributed by atoms with Gasteiger partial charge in [0.25, 0.3) is 0 Å². The maximum Gasteiger partial charge on any atom is 0.164 e. The molecule has 0 bridgehead atoms. The van der Waals surface area contributed by atoms with Crippen LogP contribution in [-0.4, -0.2) is 19.5 Å². The second-order valence-electron chi connectivity index (χ2n) is 13.9. The third-order valence-electron chi connectivity index (χ3n) is 10.6. The molecule has 0 amide bonds. The van der Waals surface area contributed by atoms with Crippen molar-refractivity contribution in [3.8, 4) is 51.0 Å². The predicted molar refractivity (Wildman–Crippen MR) is 230 cm³/mol. The molecule has 57 heavy (non-hydrogen) atoms. The highest BCUT2D eigenvalue weighted by molar-refractivity contribution is 6.12. The van der Waals surface area contributed by atoms with Gasteiger partial charge in [-0.3, -0.25) is 0 Å². The zero-order chi connectivity index (χ0) is 42.7. The van der Waals surface area contributed by atoms with Crippen molar-refractivity contribution < 1.29 is 17.1 Å². The first-order valence-electron chi connectivity index (χ1n) is 21.5. The molecule has 0 fully saturated rings. The minimum absolute atomic E-state index is 0.0226. The van der Waals surface area contributed by atoms with Crippen molar-refractivity contribution in [3.05, 3.63) is 182 Å². The molecule has 266 valence electrons. The molecule has 0 aliphatic rings. The molecule has 0 unspecified atom stereocenters. The fourth-order valence-electron chi connectivity index (χ4n) is 7.97. The van der Waals surface area contributed by atoms with E-state index in [2.05, 4.69) is 24.3 Å². The molecule has 0 spiro atoms. The summed E-state index contributed by atoms with van der Waals surface area (Å²) < 4.78 is 66.1. The Kier molecular flexibility index (Phi) is 5.64. The zero-order valence-electron chi connectivity index (χ0n) is 36.0. The summed E-state index contributed by atoms with van der Waals surface area (Å²) in [5.41, 5.74) is 8.57. The van der Waals surface area contributed by atoms with Gasteiger partial charge in [0.2, 0.25) is 0 Å². The van der Waals surface area contributed by atoms with Gasteiger partial charge in [0, 0.05) is 54.7 Å². The van der Waals surface area contributed by atoms with Crippen LogP contribution in [0.5, 0.6) is 0 Å². The van der Waals surface area contributed by atoms with Gasteiger partial charge < -0.3 is 13.4 Å². The summed E-state index contributed by atoms with van der Waals surface area (Å²) in [4.78, 5) is 15.1. The Hall–Kier alpha value is -7.83. The number of hydrogen-bond donors (Lipinski definition) is 0. The SMILES string of the molecule is [2H]c1cc([2H])c2c(c1[2H])c1c([2H])c([2H])cc([2H])c1n2-c1ccc(-c2nc(-c3ccc(-c4cccc5oc6ccccc6c45)cc3)nc(-c3ccc4c(c3)oc3ccccc34)n2)cc1. The lowest BCUT2D eigenvalue weighted by Gasteiger charge is -2.11. The summed E-state index contributed by atoms with van der Waals surface area (Å²) >= 11 is 0. The first-order valence-corrected chi connectivity index (χ1v) is 18.5. The van der Waals surface area contributed by atoms with Crippen LogP contribution in [0.15, 0.2) is 191 Å². The van der Waals surface area contributed by atoms with E-state index in [9.17, 15) is 0 Å². The van der Waals surface area contributed by atoms with E-state index < -0.39 is 0 Å². The van der Waals surface area contributed by atoms with Crippen molar-refractivity contribution in [1.29, 1.82) is 0 Å². The molecule has 0 radical (unpaired) electrons. The lowest BCUT2D eigenvalue weighted by atomic mass is 9.98. The number of aromatic nitrogens is 4. The Morgan fingerprint density at radius 3 is 1.63 bits per heavy atom. The van der Waals surface area contributed by atoms with Gasteiger partial charge in [0.15, 0.2) is 17.5 Å². The largest absolute Gasteiger partial charge is 0.456 e.